The first-order valence-corrected chi connectivity index (χ1v) is 9.12. The molecule has 3 heterocycles. The van der Waals surface area contributed by atoms with Crippen LogP contribution in [0.15, 0.2) is 27.9 Å². The zero-order valence-corrected chi connectivity index (χ0v) is 14.3. The van der Waals surface area contributed by atoms with Gasteiger partial charge in [-0.15, -0.1) is 11.3 Å². The van der Waals surface area contributed by atoms with Crippen LogP contribution in [-0.2, 0) is 17.8 Å². The van der Waals surface area contributed by atoms with E-state index in [9.17, 15) is 9.59 Å². The first-order chi connectivity index (χ1) is 11.7. The van der Waals surface area contributed by atoms with Crippen LogP contribution < -0.4 is 15.8 Å². The van der Waals surface area contributed by atoms with E-state index in [1.165, 1.54) is 22.4 Å². The van der Waals surface area contributed by atoms with Gasteiger partial charge >= 0.3 is 0 Å². The van der Waals surface area contributed by atoms with Crippen LogP contribution in [0.5, 0.6) is 0 Å². The molecule has 8 heteroatoms. The van der Waals surface area contributed by atoms with E-state index >= 15 is 0 Å². The van der Waals surface area contributed by atoms with Crippen molar-refractivity contribution in [3.8, 4) is 0 Å². The minimum Gasteiger partial charge on any atom is -0.370 e. The minimum atomic E-state index is -0.243. The zero-order chi connectivity index (χ0) is 16.8. The van der Waals surface area contributed by atoms with Crippen molar-refractivity contribution in [1.82, 2.24) is 20.1 Å². The number of hydrogen-bond acceptors (Lipinski definition) is 6. The van der Waals surface area contributed by atoms with Crippen molar-refractivity contribution in [2.24, 2.45) is 0 Å². The molecular weight excluding hydrogens is 326 g/mol. The number of carbonyl (C=O) groups excluding carboxylic acids is 1. The smallest absolute Gasteiger partial charge is 0.269 e. The minimum absolute atomic E-state index is 0.0593. The van der Waals surface area contributed by atoms with E-state index in [0.717, 1.165) is 37.3 Å². The van der Waals surface area contributed by atoms with Crippen molar-refractivity contribution in [3.05, 3.63) is 39.2 Å². The van der Waals surface area contributed by atoms with Crippen LogP contribution in [0.3, 0.4) is 0 Å². The lowest BCUT2D eigenvalue weighted by Crippen LogP contribution is -2.36. The van der Waals surface area contributed by atoms with Gasteiger partial charge in [0.2, 0.25) is 5.91 Å². The van der Waals surface area contributed by atoms with Crippen molar-refractivity contribution in [2.45, 2.75) is 32.2 Å². The maximum absolute atomic E-state index is 12.2. The highest BCUT2D eigenvalue weighted by molar-refractivity contribution is 7.07. The molecule has 1 fully saturated rings. The van der Waals surface area contributed by atoms with Gasteiger partial charge in [-0.1, -0.05) is 0 Å². The molecule has 24 heavy (non-hydrogen) atoms. The third kappa shape index (κ3) is 4.41. The molecule has 0 radical (unpaired) electrons. The molecule has 0 unspecified atom stereocenters. The molecular formula is C16H21N5O2S. The molecule has 0 saturated carbocycles. The average Bonchev–Trinajstić information content (AvgIpc) is 3.11. The van der Waals surface area contributed by atoms with E-state index in [0.29, 0.717) is 13.0 Å². The first kappa shape index (κ1) is 16.6. The summed E-state index contributed by atoms with van der Waals surface area (Å²) in [5.41, 5.74) is 3.33. The Balaban J connectivity index is 1.52. The number of amides is 1. The average molecular weight is 347 g/mol. The lowest BCUT2D eigenvalue weighted by Gasteiger charge is -2.28. The third-order valence-electron chi connectivity index (χ3n) is 4.06. The fourth-order valence-electron chi connectivity index (χ4n) is 2.75. The number of carbonyl (C=O) groups is 1. The molecule has 0 atom stereocenters. The van der Waals surface area contributed by atoms with Crippen molar-refractivity contribution >= 4 is 22.9 Å². The topological polar surface area (TPSA) is 80.1 Å². The van der Waals surface area contributed by atoms with Crippen LogP contribution in [0, 0.1) is 0 Å². The second kappa shape index (κ2) is 8.05. The van der Waals surface area contributed by atoms with E-state index in [1.807, 2.05) is 5.38 Å². The Morgan fingerprint density at radius 3 is 2.83 bits per heavy atom. The Morgan fingerprint density at radius 2 is 2.12 bits per heavy atom. The number of nitrogens with one attached hydrogen (secondary N) is 1. The Labute approximate surface area is 144 Å². The molecule has 2 aromatic heterocycles. The molecule has 1 aliphatic heterocycles. The number of piperidine rings is 1. The summed E-state index contributed by atoms with van der Waals surface area (Å²) in [5.74, 6) is -0.217. The third-order valence-corrected chi connectivity index (χ3v) is 4.69. The van der Waals surface area contributed by atoms with Gasteiger partial charge in [-0.2, -0.15) is 5.10 Å². The van der Waals surface area contributed by atoms with Crippen LogP contribution >= 0.6 is 11.3 Å². The predicted molar refractivity (Wildman–Crippen MR) is 93.4 cm³/mol. The molecule has 1 N–H and O–H groups in total. The molecule has 0 aliphatic carbocycles. The maximum atomic E-state index is 12.2. The summed E-state index contributed by atoms with van der Waals surface area (Å²) in [7, 11) is 0. The molecule has 128 valence electrons. The van der Waals surface area contributed by atoms with Gasteiger partial charge in [-0.3, -0.25) is 9.59 Å². The number of aromatic nitrogens is 3. The molecule has 1 saturated heterocycles. The molecule has 3 rings (SSSR count). The van der Waals surface area contributed by atoms with Gasteiger partial charge in [0.1, 0.15) is 6.54 Å². The standard InChI is InChI=1S/C16H21N5O2S/c22-15(17-5-4-13-11-24-12-18-13)10-21-16(23)8-14(9-19-21)20-6-2-1-3-7-20/h8-9,11-12H,1-7,10H2,(H,17,22). The van der Waals surface area contributed by atoms with E-state index in [2.05, 4.69) is 20.3 Å². The summed E-state index contributed by atoms with van der Waals surface area (Å²) in [5, 5.41) is 8.89. The highest BCUT2D eigenvalue weighted by Crippen LogP contribution is 2.16. The van der Waals surface area contributed by atoms with Gasteiger partial charge in [0, 0.05) is 37.5 Å². The van der Waals surface area contributed by atoms with Gasteiger partial charge in [0.05, 0.1) is 23.1 Å². The molecule has 7 nitrogen and oxygen atoms in total. The van der Waals surface area contributed by atoms with Crippen LogP contribution in [-0.4, -0.2) is 40.3 Å². The van der Waals surface area contributed by atoms with Crippen LogP contribution in [0.4, 0.5) is 5.69 Å². The largest absolute Gasteiger partial charge is 0.370 e. The van der Waals surface area contributed by atoms with Crippen molar-refractivity contribution in [3.63, 3.8) is 0 Å². The normalized spacial score (nSPS) is 14.6. The summed E-state index contributed by atoms with van der Waals surface area (Å²) in [6.07, 6.45) is 5.89. The molecule has 2 aromatic rings. The monoisotopic (exact) mass is 347 g/mol. The van der Waals surface area contributed by atoms with Gasteiger partial charge in [-0.05, 0) is 19.3 Å². The highest BCUT2D eigenvalue weighted by atomic mass is 32.1. The number of anilines is 1. The second-order valence-corrected chi connectivity index (χ2v) is 6.56. The number of rotatable bonds is 6. The van der Waals surface area contributed by atoms with Gasteiger partial charge < -0.3 is 10.2 Å². The van der Waals surface area contributed by atoms with Gasteiger partial charge in [0.25, 0.3) is 5.56 Å². The quantitative estimate of drug-likeness (QED) is 0.845. The fraction of sp³-hybridized carbons (Fsp3) is 0.500. The van der Waals surface area contributed by atoms with E-state index in [-0.39, 0.29) is 18.0 Å². The summed E-state index contributed by atoms with van der Waals surface area (Å²) in [4.78, 5) is 30.4. The Hall–Kier alpha value is -2.22. The molecule has 0 aromatic carbocycles. The van der Waals surface area contributed by atoms with Gasteiger partial charge in [-0.25, -0.2) is 9.67 Å². The second-order valence-electron chi connectivity index (χ2n) is 5.84. The molecule has 0 bridgehead atoms. The fourth-order valence-corrected chi connectivity index (χ4v) is 3.34. The Kier molecular flexibility index (Phi) is 5.58. The Morgan fingerprint density at radius 1 is 1.29 bits per heavy atom. The number of hydrogen-bond donors (Lipinski definition) is 1. The summed E-state index contributed by atoms with van der Waals surface area (Å²) < 4.78 is 1.20. The summed E-state index contributed by atoms with van der Waals surface area (Å²) in [6.45, 7) is 2.36. The van der Waals surface area contributed by atoms with E-state index in [4.69, 9.17) is 0 Å². The molecule has 1 aliphatic rings. The molecule has 0 spiro atoms. The van der Waals surface area contributed by atoms with Crippen LogP contribution in [0.25, 0.3) is 0 Å². The summed E-state index contributed by atoms with van der Waals surface area (Å²) in [6, 6.07) is 1.57. The van der Waals surface area contributed by atoms with Crippen molar-refractivity contribution < 1.29 is 4.79 Å². The SMILES string of the molecule is O=C(Cn1ncc(N2CCCCC2)cc1=O)NCCc1cscn1. The number of nitrogens with zero attached hydrogens (tertiary/aromatic N) is 4. The highest BCUT2D eigenvalue weighted by Gasteiger charge is 2.13. The first-order valence-electron chi connectivity index (χ1n) is 8.18. The van der Waals surface area contributed by atoms with Crippen LogP contribution in [0.1, 0.15) is 25.0 Å². The predicted octanol–water partition coefficient (Wildman–Crippen LogP) is 1.05. The number of thiazole rings is 1. The van der Waals surface area contributed by atoms with Crippen molar-refractivity contribution in [1.29, 1.82) is 0 Å². The van der Waals surface area contributed by atoms with E-state index in [1.54, 1.807) is 17.8 Å². The van der Waals surface area contributed by atoms with Crippen molar-refractivity contribution in [2.75, 3.05) is 24.5 Å². The van der Waals surface area contributed by atoms with Gasteiger partial charge in [0.15, 0.2) is 0 Å². The van der Waals surface area contributed by atoms with E-state index < -0.39 is 0 Å². The lowest BCUT2D eigenvalue weighted by molar-refractivity contribution is -0.121. The summed E-state index contributed by atoms with van der Waals surface area (Å²) >= 11 is 1.53. The Bertz CT molecular complexity index is 722. The lowest BCUT2D eigenvalue weighted by atomic mass is 10.1. The zero-order valence-electron chi connectivity index (χ0n) is 13.5. The maximum Gasteiger partial charge on any atom is 0.269 e. The molecule has 1 amide bonds. The van der Waals surface area contributed by atoms with Crippen LogP contribution in [0.2, 0.25) is 0 Å².